The summed E-state index contributed by atoms with van der Waals surface area (Å²) < 4.78 is 7.48. The molecule has 5 heteroatoms. The number of rotatable bonds is 5. The Labute approximate surface area is 133 Å². The van der Waals surface area contributed by atoms with E-state index < -0.39 is 0 Å². The molecule has 0 N–H and O–H groups in total. The lowest BCUT2D eigenvalue weighted by molar-refractivity contribution is 0.415. The SMILES string of the molecule is COc1ccc2c(c1)nc(C(C)Cl)n2CCc1cccs1. The summed E-state index contributed by atoms with van der Waals surface area (Å²) in [6, 6.07) is 10.2. The van der Waals surface area contributed by atoms with Gasteiger partial charge in [-0.15, -0.1) is 22.9 Å². The first-order valence-electron chi connectivity index (χ1n) is 6.89. The Balaban J connectivity index is 1.99. The number of fused-ring (bicyclic) bond motifs is 1. The van der Waals surface area contributed by atoms with Gasteiger partial charge in [0.2, 0.25) is 0 Å². The van der Waals surface area contributed by atoms with E-state index in [4.69, 9.17) is 16.3 Å². The second-order valence-electron chi connectivity index (χ2n) is 4.92. The number of imidazole rings is 1. The van der Waals surface area contributed by atoms with Crippen LogP contribution in [0, 0.1) is 0 Å². The van der Waals surface area contributed by atoms with E-state index in [1.54, 1.807) is 18.4 Å². The fourth-order valence-corrected chi connectivity index (χ4v) is 3.34. The summed E-state index contributed by atoms with van der Waals surface area (Å²) in [5.41, 5.74) is 2.04. The third-order valence-electron chi connectivity index (χ3n) is 3.50. The van der Waals surface area contributed by atoms with Gasteiger partial charge in [-0.25, -0.2) is 4.98 Å². The van der Waals surface area contributed by atoms with Crippen LogP contribution >= 0.6 is 22.9 Å². The molecule has 1 unspecified atom stereocenters. The molecular formula is C16H17ClN2OS. The molecule has 3 nitrogen and oxygen atoms in total. The Morgan fingerprint density at radius 1 is 1.38 bits per heavy atom. The van der Waals surface area contributed by atoms with Crippen LogP contribution in [-0.2, 0) is 13.0 Å². The van der Waals surface area contributed by atoms with Gasteiger partial charge in [0.05, 0.1) is 23.5 Å². The van der Waals surface area contributed by atoms with E-state index in [2.05, 4.69) is 33.1 Å². The number of aromatic nitrogens is 2. The minimum Gasteiger partial charge on any atom is -0.497 e. The highest BCUT2D eigenvalue weighted by Crippen LogP contribution is 2.27. The molecule has 3 rings (SSSR count). The minimum atomic E-state index is -0.119. The number of thiophene rings is 1. The fourth-order valence-electron chi connectivity index (χ4n) is 2.47. The quantitative estimate of drug-likeness (QED) is 0.640. The number of aryl methyl sites for hydroxylation is 2. The Hall–Kier alpha value is -1.52. The molecule has 0 radical (unpaired) electrons. The maximum atomic E-state index is 6.30. The summed E-state index contributed by atoms with van der Waals surface area (Å²) in [6.45, 7) is 2.84. The van der Waals surface area contributed by atoms with Gasteiger partial charge in [0, 0.05) is 17.5 Å². The summed E-state index contributed by atoms with van der Waals surface area (Å²) in [5.74, 6) is 1.73. The van der Waals surface area contributed by atoms with Crippen LogP contribution in [0.1, 0.15) is 23.0 Å². The predicted octanol–water partition coefficient (Wildman–Crippen LogP) is 4.65. The number of alkyl halides is 1. The molecule has 0 saturated carbocycles. The van der Waals surface area contributed by atoms with E-state index in [1.807, 2.05) is 19.1 Å². The zero-order valence-electron chi connectivity index (χ0n) is 12.0. The van der Waals surface area contributed by atoms with Crippen molar-refractivity contribution in [3.63, 3.8) is 0 Å². The number of hydrogen-bond acceptors (Lipinski definition) is 3. The van der Waals surface area contributed by atoms with Crippen LogP contribution in [0.3, 0.4) is 0 Å². The van der Waals surface area contributed by atoms with E-state index >= 15 is 0 Å². The van der Waals surface area contributed by atoms with Crippen LogP contribution in [0.15, 0.2) is 35.7 Å². The van der Waals surface area contributed by atoms with Crippen LogP contribution in [0.2, 0.25) is 0 Å². The van der Waals surface area contributed by atoms with Gasteiger partial charge in [-0.1, -0.05) is 6.07 Å². The fraction of sp³-hybridized carbons (Fsp3) is 0.312. The number of hydrogen-bond donors (Lipinski definition) is 0. The average Bonchev–Trinajstić information content (AvgIpc) is 3.11. The monoisotopic (exact) mass is 320 g/mol. The van der Waals surface area contributed by atoms with Gasteiger partial charge in [-0.05, 0) is 36.9 Å². The smallest absolute Gasteiger partial charge is 0.127 e. The lowest BCUT2D eigenvalue weighted by atomic mass is 10.3. The molecule has 2 heterocycles. The van der Waals surface area contributed by atoms with E-state index in [0.29, 0.717) is 0 Å². The van der Waals surface area contributed by atoms with Crippen LogP contribution in [0.4, 0.5) is 0 Å². The molecule has 0 fully saturated rings. The standard InChI is InChI=1S/C16H17ClN2OS/c1-11(17)16-18-14-10-12(20-2)5-6-15(14)19(16)8-7-13-4-3-9-21-13/h3-6,9-11H,7-8H2,1-2H3. The number of halogens is 1. The highest BCUT2D eigenvalue weighted by atomic mass is 35.5. The van der Waals surface area contributed by atoms with Gasteiger partial charge in [-0.2, -0.15) is 0 Å². The molecule has 1 atom stereocenters. The van der Waals surface area contributed by atoms with E-state index in [0.717, 1.165) is 35.6 Å². The van der Waals surface area contributed by atoms with Gasteiger partial charge in [0.15, 0.2) is 0 Å². The summed E-state index contributed by atoms with van der Waals surface area (Å²) in [6.07, 6.45) is 0.992. The van der Waals surface area contributed by atoms with Crippen molar-refractivity contribution in [2.24, 2.45) is 0 Å². The second-order valence-corrected chi connectivity index (χ2v) is 6.61. The van der Waals surface area contributed by atoms with Crippen molar-refractivity contribution in [1.82, 2.24) is 9.55 Å². The topological polar surface area (TPSA) is 27.1 Å². The number of methoxy groups -OCH3 is 1. The van der Waals surface area contributed by atoms with Crippen LogP contribution in [0.5, 0.6) is 5.75 Å². The molecule has 0 bridgehead atoms. The summed E-state index contributed by atoms with van der Waals surface area (Å²) in [7, 11) is 1.67. The Kier molecular flexibility index (Phi) is 4.17. The minimum absolute atomic E-state index is 0.119. The molecule has 2 aromatic heterocycles. The Bertz CT molecular complexity index is 734. The lowest BCUT2D eigenvalue weighted by Gasteiger charge is -2.10. The van der Waals surface area contributed by atoms with Crippen LogP contribution in [0.25, 0.3) is 11.0 Å². The van der Waals surface area contributed by atoms with Crippen molar-refractivity contribution in [3.8, 4) is 5.75 Å². The van der Waals surface area contributed by atoms with Crippen molar-refractivity contribution in [2.45, 2.75) is 25.3 Å². The normalized spacial score (nSPS) is 12.7. The van der Waals surface area contributed by atoms with Crippen LogP contribution in [-0.4, -0.2) is 16.7 Å². The molecule has 3 aromatic rings. The van der Waals surface area contributed by atoms with Crippen LogP contribution < -0.4 is 4.74 Å². The molecule has 0 aliphatic rings. The van der Waals surface area contributed by atoms with Gasteiger partial charge >= 0.3 is 0 Å². The van der Waals surface area contributed by atoms with E-state index in [-0.39, 0.29) is 5.38 Å². The van der Waals surface area contributed by atoms with Crippen molar-refractivity contribution < 1.29 is 4.74 Å². The lowest BCUT2D eigenvalue weighted by Crippen LogP contribution is -2.06. The third-order valence-corrected chi connectivity index (χ3v) is 4.63. The highest BCUT2D eigenvalue weighted by Gasteiger charge is 2.15. The molecular weight excluding hydrogens is 304 g/mol. The van der Waals surface area contributed by atoms with Gasteiger partial charge in [0.25, 0.3) is 0 Å². The van der Waals surface area contributed by atoms with Gasteiger partial charge in [-0.3, -0.25) is 0 Å². The van der Waals surface area contributed by atoms with Gasteiger partial charge in [0.1, 0.15) is 11.6 Å². The average molecular weight is 321 g/mol. The Morgan fingerprint density at radius 2 is 2.24 bits per heavy atom. The second kappa shape index (κ2) is 6.08. The molecule has 110 valence electrons. The first-order chi connectivity index (χ1) is 10.2. The highest BCUT2D eigenvalue weighted by molar-refractivity contribution is 7.09. The molecule has 0 spiro atoms. The molecule has 0 amide bonds. The van der Waals surface area contributed by atoms with Crippen molar-refractivity contribution in [3.05, 3.63) is 46.4 Å². The molecule has 0 saturated heterocycles. The largest absolute Gasteiger partial charge is 0.497 e. The zero-order valence-corrected chi connectivity index (χ0v) is 13.6. The molecule has 21 heavy (non-hydrogen) atoms. The molecule has 1 aromatic carbocycles. The van der Waals surface area contributed by atoms with Crippen molar-refractivity contribution in [2.75, 3.05) is 7.11 Å². The number of ether oxygens (including phenoxy) is 1. The van der Waals surface area contributed by atoms with E-state index in [1.165, 1.54) is 4.88 Å². The zero-order chi connectivity index (χ0) is 14.8. The maximum absolute atomic E-state index is 6.30. The van der Waals surface area contributed by atoms with E-state index in [9.17, 15) is 0 Å². The first kappa shape index (κ1) is 14.4. The number of benzene rings is 1. The van der Waals surface area contributed by atoms with Crippen molar-refractivity contribution in [1.29, 1.82) is 0 Å². The summed E-state index contributed by atoms with van der Waals surface area (Å²) in [5, 5.41) is 1.99. The predicted molar refractivity (Wildman–Crippen MR) is 88.6 cm³/mol. The maximum Gasteiger partial charge on any atom is 0.127 e. The Morgan fingerprint density at radius 3 is 2.90 bits per heavy atom. The summed E-state index contributed by atoms with van der Waals surface area (Å²) in [4.78, 5) is 6.05. The number of nitrogens with zero attached hydrogens (tertiary/aromatic N) is 2. The molecule has 0 aliphatic heterocycles. The first-order valence-corrected chi connectivity index (χ1v) is 8.21. The van der Waals surface area contributed by atoms with Gasteiger partial charge < -0.3 is 9.30 Å². The van der Waals surface area contributed by atoms with Crippen molar-refractivity contribution >= 4 is 34.0 Å². The molecule has 0 aliphatic carbocycles. The summed E-state index contributed by atoms with van der Waals surface area (Å²) >= 11 is 8.09. The third kappa shape index (κ3) is 2.92.